The van der Waals surface area contributed by atoms with Gasteiger partial charge in [0.2, 0.25) is 5.91 Å². The Morgan fingerprint density at radius 3 is 2.64 bits per heavy atom. The van der Waals surface area contributed by atoms with E-state index in [9.17, 15) is 9.59 Å². The highest BCUT2D eigenvalue weighted by Gasteiger charge is 2.38. The Labute approximate surface area is 199 Å². The van der Waals surface area contributed by atoms with Gasteiger partial charge in [-0.3, -0.25) is 4.79 Å². The standard InChI is InChI=1S/C26H28ClNO5/c1-17-25(26(30)33-16-19-6-3-4-8-23(19)31-2)22(18-9-11-20(27)12-10-18)14-24(29)28(17)15-21-7-5-13-32-21/h3-4,6,8-12,21-22H,5,7,13-16H2,1-2H3/t21-,22-/m0/s1. The second-order valence-corrected chi connectivity index (χ2v) is 8.77. The third kappa shape index (κ3) is 5.23. The lowest BCUT2D eigenvalue weighted by Gasteiger charge is -2.35. The number of amides is 1. The first-order valence-electron chi connectivity index (χ1n) is 11.1. The zero-order valence-corrected chi connectivity index (χ0v) is 19.6. The van der Waals surface area contributed by atoms with Crippen molar-refractivity contribution in [2.24, 2.45) is 0 Å². The van der Waals surface area contributed by atoms with E-state index in [0.29, 0.717) is 35.2 Å². The molecule has 2 aliphatic rings. The zero-order valence-electron chi connectivity index (χ0n) is 18.9. The Bertz CT molecular complexity index is 1040. The average Bonchev–Trinajstić information content (AvgIpc) is 3.34. The molecule has 0 radical (unpaired) electrons. The van der Waals surface area contributed by atoms with Crippen molar-refractivity contribution in [3.05, 3.63) is 76.0 Å². The van der Waals surface area contributed by atoms with Gasteiger partial charge in [-0.25, -0.2) is 4.79 Å². The summed E-state index contributed by atoms with van der Waals surface area (Å²) in [6.45, 7) is 3.04. The Balaban J connectivity index is 1.64. The fraction of sp³-hybridized carbons (Fsp3) is 0.385. The number of esters is 1. The molecular weight excluding hydrogens is 442 g/mol. The molecule has 1 amide bonds. The van der Waals surface area contributed by atoms with E-state index in [0.717, 1.165) is 24.0 Å². The molecule has 1 saturated heterocycles. The van der Waals surface area contributed by atoms with Gasteiger partial charge in [0.05, 0.1) is 25.3 Å². The Morgan fingerprint density at radius 2 is 1.94 bits per heavy atom. The summed E-state index contributed by atoms with van der Waals surface area (Å²) in [6.07, 6.45) is 2.06. The van der Waals surface area contributed by atoms with E-state index >= 15 is 0 Å². The minimum atomic E-state index is -0.441. The molecule has 0 unspecified atom stereocenters. The van der Waals surface area contributed by atoms with Crippen molar-refractivity contribution in [1.82, 2.24) is 4.90 Å². The predicted octanol–water partition coefficient (Wildman–Crippen LogP) is 4.86. The third-order valence-corrected chi connectivity index (χ3v) is 6.53. The maximum atomic E-state index is 13.4. The SMILES string of the molecule is COc1ccccc1COC(=O)C1=C(C)N(C[C@@H]2CCCO2)C(=O)C[C@H]1c1ccc(Cl)cc1. The molecule has 174 valence electrons. The highest BCUT2D eigenvalue weighted by atomic mass is 35.5. The lowest BCUT2D eigenvalue weighted by molar-refractivity contribution is -0.141. The predicted molar refractivity (Wildman–Crippen MR) is 125 cm³/mol. The number of halogens is 1. The summed E-state index contributed by atoms with van der Waals surface area (Å²) in [5.41, 5.74) is 2.74. The highest BCUT2D eigenvalue weighted by molar-refractivity contribution is 6.30. The zero-order chi connectivity index (χ0) is 23.4. The molecule has 0 spiro atoms. The van der Waals surface area contributed by atoms with Gasteiger partial charge in [0.25, 0.3) is 0 Å². The number of rotatable bonds is 7. The molecule has 0 bridgehead atoms. The minimum Gasteiger partial charge on any atom is -0.496 e. The molecule has 0 aromatic heterocycles. The maximum absolute atomic E-state index is 13.4. The number of carbonyl (C=O) groups excluding carboxylic acids is 2. The van der Waals surface area contributed by atoms with Gasteiger partial charge in [-0.2, -0.15) is 0 Å². The fourth-order valence-corrected chi connectivity index (χ4v) is 4.64. The van der Waals surface area contributed by atoms with Crippen LogP contribution in [0.5, 0.6) is 5.75 Å². The van der Waals surface area contributed by atoms with Gasteiger partial charge in [-0.1, -0.05) is 41.9 Å². The first-order valence-corrected chi connectivity index (χ1v) is 11.5. The molecular formula is C26H28ClNO5. The van der Waals surface area contributed by atoms with Crippen molar-refractivity contribution in [2.45, 2.75) is 44.8 Å². The van der Waals surface area contributed by atoms with Crippen molar-refractivity contribution >= 4 is 23.5 Å². The molecule has 0 N–H and O–H groups in total. The van der Waals surface area contributed by atoms with E-state index in [2.05, 4.69) is 0 Å². The highest BCUT2D eigenvalue weighted by Crippen LogP contribution is 2.38. The van der Waals surface area contributed by atoms with Crippen molar-refractivity contribution in [3.8, 4) is 5.75 Å². The average molecular weight is 470 g/mol. The monoisotopic (exact) mass is 469 g/mol. The van der Waals surface area contributed by atoms with Gasteiger partial charge >= 0.3 is 5.97 Å². The number of ether oxygens (including phenoxy) is 3. The van der Waals surface area contributed by atoms with Crippen LogP contribution in [0, 0.1) is 0 Å². The number of methoxy groups -OCH3 is 1. The van der Waals surface area contributed by atoms with E-state index in [1.54, 1.807) is 24.1 Å². The van der Waals surface area contributed by atoms with Gasteiger partial charge in [0, 0.05) is 35.2 Å². The maximum Gasteiger partial charge on any atom is 0.336 e. The molecule has 1 fully saturated rings. The molecule has 6 nitrogen and oxygen atoms in total. The lowest BCUT2D eigenvalue weighted by Crippen LogP contribution is -2.42. The quantitative estimate of drug-likeness (QED) is 0.542. The molecule has 2 atom stereocenters. The van der Waals surface area contributed by atoms with Crippen LogP contribution in [0.4, 0.5) is 0 Å². The number of nitrogens with zero attached hydrogens (tertiary/aromatic N) is 1. The van der Waals surface area contributed by atoms with E-state index in [1.807, 2.05) is 43.3 Å². The van der Waals surface area contributed by atoms with Crippen LogP contribution >= 0.6 is 11.6 Å². The second kappa shape index (κ2) is 10.4. The second-order valence-electron chi connectivity index (χ2n) is 8.33. The minimum absolute atomic E-state index is 0.0122. The molecule has 7 heteroatoms. The molecule has 4 rings (SSSR count). The van der Waals surface area contributed by atoms with Crippen LogP contribution < -0.4 is 4.74 Å². The van der Waals surface area contributed by atoms with Gasteiger partial charge in [-0.15, -0.1) is 0 Å². The van der Waals surface area contributed by atoms with Gasteiger partial charge in [0.15, 0.2) is 0 Å². The van der Waals surface area contributed by atoms with E-state index < -0.39 is 11.9 Å². The van der Waals surface area contributed by atoms with Crippen LogP contribution in [0.3, 0.4) is 0 Å². The van der Waals surface area contributed by atoms with Crippen LogP contribution in [0.2, 0.25) is 5.02 Å². The van der Waals surface area contributed by atoms with Crippen molar-refractivity contribution in [3.63, 3.8) is 0 Å². The van der Waals surface area contributed by atoms with Crippen LogP contribution in [0.15, 0.2) is 59.8 Å². The summed E-state index contributed by atoms with van der Waals surface area (Å²) in [5, 5.41) is 0.599. The van der Waals surface area contributed by atoms with Gasteiger partial charge < -0.3 is 19.1 Å². The number of carbonyl (C=O) groups is 2. The molecule has 0 aliphatic carbocycles. The van der Waals surface area contributed by atoms with Crippen LogP contribution in [0.1, 0.15) is 43.2 Å². The fourth-order valence-electron chi connectivity index (χ4n) is 4.52. The molecule has 2 heterocycles. The molecule has 2 aromatic carbocycles. The Morgan fingerprint density at radius 1 is 1.18 bits per heavy atom. The number of para-hydroxylation sites is 1. The molecule has 2 aromatic rings. The third-order valence-electron chi connectivity index (χ3n) is 6.28. The smallest absolute Gasteiger partial charge is 0.336 e. The summed E-state index contributed by atoms with van der Waals surface area (Å²) in [6, 6.07) is 14.7. The summed E-state index contributed by atoms with van der Waals surface area (Å²) in [4.78, 5) is 28.2. The van der Waals surface area contributed by atoms with E-state index in [1.165, 1.54) is 0 Å². The Kier molecular flexibility index (Phi) is 7.36. The van der Waals surface area contributed by atoms with Gasteiger partial charge in [0.1, 0.15) is 12.4 Å². The molecule has 2 aliphatic heterocycles. The van der Waals surface area contributed by atoms with Crippen LogP contribution in [0.25, 0.3) is 0 Å². The largest absolute Gasteiger partial charge is 0.496 e. The van der Waals surface area contributed by atoms with Crippen molar-refractivity contribution in [2.75, 3.05) is 20.3 Å². The Hall–Kier alpha value is -2.83. The van der Waals surface area contributed by atoms with Crippen LogP contribution in [-0.4, -0.2) is 43.1 Å². The van der Waals surface area contributed by atoms with Crippen molar-refractivity contribution < 1.29 is 23.8 Å². The normalized spacial score (nSPS) is 20.8. The summed E-state index contributed by atoms with van der Waals surface area (Å²) < 4.78 is 16.8. The number of benzene rings is 2. The van der Waals surface area contributed by atoms with E-state index in [-0.39, 0.29) is 25.0 Å². The molecule has 33 heavy (non-hydrogen) atoms. The first kappa shape index (κ1) is 23.3. The van der Waals surface area contributed by atoms with Crippen molar-refractivity contribution in [1.29, 1.82) is 0 Å². The summed E-state index contributed by atoms with van der Waals surface area (Å²) >= 11 is 6.07. The lowest BCUT2D eigenvalue weighted by atomic mass is 9.83. The number of hydrogen-bond donors (Lipinski definition) is 0. The molecule has 0 saturated carbocycles. The summed E-state index contributed by atoms with van der Waals surface area (Å²) in [7, 11) is 1.58. The number of allylic oxidation sites excluding steroid dienone is 1. The summed E-state index contributed by atoms with van der Waals surface area (Å²) in [5.74, 6) is -0.211. The number of hydrogen-bond acceptors (Lipinski definition) is 5. The van der Waals surface area contributed by atoms with E-state index in [4.69, 9.17) is 25.8 Å². The topological polar surface area (TPSA) is 65.1 Å². The van der Waals surface area contributed by atoms with Crippen LogP contribution in [-0.2, 0) is 25.7 Å². The first-order chi connectivity index (χ1) is 16.0. The van der Waals surface area contributed by atoms with Gasteiger partial charge in [-0.05, 0) is 43.5 Å².